The summed E-state index contributed by atoms with van der Waals surface area (Å²) in [4.78, 5) is 28.4. The molecule has 0 saturated carbocycles. The fourth-order valence-corrected chi connectivity index (χ4v) is 5.50. The third-order valence-corrected chi connectivity index (χ3v) is 7.75. The van der Waals surface area contributed by atoms with Crippen LogP contribution in [0, 0.1) is 0 Å². The topological polar surface area (TPSA) is 98.8 Å². The van der Waals surface area contributed by atoms with Crippen molar-refractivity contribution >= 4 is 33.4 Å². The molecule has 1 aromatic carbocycles. The summed E-state index contributed by atoms with van der Waals surface area (Å²) in [6.45, 7) is 6.05. The Kier molecular flexibility index (Phi) is 8.32. The molecule has 2 fully saturated rings. The number of sulfonamides is 1. The smallest absolute Gasteiger partial charge is 0.252 e. The van der Waals surface area contributed by atoms with Crippen molar-refractivity contribution in [3.63, 3.8) is 0 Å². The molecule has 2 saturated heterocycles. The number of carbonyl (C=O) groups excluding carboxylic acids is 2. The molecule has 2 heterocycles. The van der Waals surface area contributed by atoms with Gasteiger partial charge < -0.3 is 10.2 Å². The van der Waals surface area contributed by atoms with E-state index in [4.69, 9.17) is 11.6 Å². The molecule has 2 aliphatic rings. The van der Waals surface area contributed by atoms with Gasteiger partial charge in [0.25, 0.3) is 5.91 Å². The number of rotatable bonds is 10. The van der Waals surface area contributed by atoms with E-state index in [0.29, 0.717) is 32.0 Å². The highest BCUT2D eigenvalue weighted by atomic mass is 35.5. The number of amides is 2. The first-order chi connectivity index (χ1) is 14.8. The Hall–Kier alpha value is -1.68. The van der Waals surface area contributed by atoms with Crippen LogP contribution in [0.5, 0.6) is 0 Å². The lowest BCUT2D eigenvalue weighted by Gasteiger charge is -2.23. The molecule has 2 aliphatic heterocycles. The van der Waals surface area contributed by atoms with Crippen LogP contribution in [0.25, 0.3) is 0 Å². The number of carbonyl (C=O) groups is 2. The molecule has 10 heteroatoms. The lowest BCUT2D eigenvalue weighted by atomic mass is 10.2. The highest BCUT2D eigenvalue weighted by Gasteiger charge is 2.25. The van der Waals surface area contributed by atoms with Crippen molar-refractivity contribution in [1.82, 2.24) is 19.8 Å². The van der Waals surface area contributed by atoms with Gasteiger partial charge in [-0.05, 0) is 57.0 Å². The quantitative estimate of drug-likeness (QED) is 0.508. The molecule has 0 aromatic heterocycles. The molecule has 172 valence electrons. The number of likely N-dealkylation sites (N-methyl/N-ethyl adjacent to an activating group) is 1. The van der Waals surface area contributed by atoms with Gasteiger partial charge in [0.1, 0.15) is 0 Å². The van der Waals surface area contributed by atoms with E-state index in [1.165, 1.54) is 18.2 Å². The third kappa shape index (κ3) is 6.19. The summed E-state index contributed by atoms with van der Waals surface area (Å²) in [6.07, 6.45) is 4.10. The summed E-state index contributed by atoms with van der Waals surface area (Å²) in [5.74, 6) is -0.256. The molecule has 3 rings (SSSR count). The number of nitrogens with zero attached hydrogens (tertiary/aromatic N) is 2. The average Bonchev–Trinajstić information content (AvgIpc) is 3.37. The van der Waals surface area contributed by atoms with E-state index in [0.717, 1.165) is 38.9 Å². The predicted molar refractivity (Wildman–Crippen MR) is 120 cm³/mol. The molecule has 1 aromatic rings. The van der Waals surface area contributed by atoms with Crippen molar-refractivity contribution in [3.05, 3.63) is 28.8 Å². The molecule has 0 radical (unpaired) electrons. The van der Waals surface area contributed by atoms with E-state index in [-0.39, 0.29) is 33.8 Å². The zero-order chi connectivity index (χ0) is 22.4. The van der Waals surface area contributed by atoms with Gasteiger partial charge in [-0.25, -0.2) is 13.1 Å². The standard InChI is InChI=1S/C21H31ClN4O4S/c1-2-25-11-3-6-16(25)15-23-21(28)18-14-17(8-9-19(18)22)31(29,30)24-10-5-13-26-12-4-7-20(26)27/h8-9,14,16,24H,2-7,10-13,15H2,1H3,(H,23,28)/t16-/m1/s1. The monoisotopic (exact) mass is 470 g/mol. The lowest BCUT2D eigenvalue weighted by Crippen LogP contribution is -2.40. The SMILES string of the molecule is CCN1CCC[C@@H]1CNC(=O)c1cc(S(=O)(=O)NCCCN2CCCC2=O)ccc1Cl. The summed E-state index contributed by atoms with van der Waals surface area (Å²) in [5, 5.41) is 3.11. The lowest BCUT2D eigenvalue weighted by molar-refractivity contribution is -0.127. The summed E-state index contributed by atoms with van der Waals surface area (Å²) in [5.41, 5.74) is 0.147. The highest BCUT2D eigenvalue weighted by Crippen LogP contribution is 2.21. The number of nitrogens with one attached hydrogen (secondary N) is 2. The largest absolute Gasteiger partial charge is 0.350 e. The fourth-order valence-electron chi connectivity index (χ4n) is 4.19. The van der Waals surface area contributed by atoms with Crippen molar-refractivity contribution in [2.75, 3.05) is 39.3 Å². The van der Waals surface area contributed by atoms with E-state index < -0.39 is 10.0 Å². The first-order valence-electron chi connectivity index (χ1n) is 10.9. The highest BCUT2D eigenvalue weighted by molar-refractivity contribution is 7.89. The van der Waals surface area contributed by atoms with Crippen molar-refractivity contribution in [2.24, 2.45) is 0 Å². The Morgan fingerprint density at radius 3 is 2.77 bits per heavy atom. The molecular formula is C21H31ClN4O4S. The molecule has 0 spiro atoms. The van der Waals surface area contributed by atoms with Crippen LogP contribution in [0.1, 0.15) is 49.4 Å². The van der Waals surface area contributed by atoms with Gasteiger partial charge >= 0.3 is 0 Å². The number of hydrogen-bond donors (Lipinski definition) is 2. The fraction of sp³-hybridized carbons (Fsp3) is 0.619. The Bertz CT molecular complexity index is 909. The molecular weight excluding hydrogens is 440 g/mol. The maximum Gasteiger partial charge on any atom is 0.252 e. The van der Waals surface area contributed by atoms with Crippen LogP contribution in [-0.4, -0.2) is 75.3 Å². The van der Waals surface area contributed by atoms with Crippen molar-refractivity contribution in [2.45, 2.75) is 50.0 Å². The minimum absolute atomic E-state index is 0.00431. The molecule has 0 unspecified atom stereocenters. The van der Waals surface area contributed by atoms with Gasteiger partial charge in [-0.1, -0.05) is 18.5 Å². The Labute approximate surface area is 189 Å². The zero-order valence-corrected chi connectivity index (χ0v) is 19.5. The number of hydrogen-bond acceptors (Lipinski definition) is 5. The third-order valence-electron chi connectivity index (χ3n) is 5.96. The van der Waals surface area contributed by atoms with Crippen LogP contribution >= 0.6 is 11.6 Å². The summed E-state index contributed by atoms with van der Waals surface area (Å²) in [6, 6.07) is 4.43. The maximum absolute atomic E-state index is 12.7. The van der Waals surface area contributed by atoms with Crippen LogP contribution in [0.15, 0.2) is 23.1 Å². The van der Waals surface area contributed by atoms with E-state index in [1.807, 2.05) is 0 Å². The van der Waals surface area contributed by atoms with E-state index in [1.54, 1.807) is 4.90 Å². The number of benzene rings is 1. The molecule has 1 atom stereocenters. The van der Waals surface area contributed by atoms with E-state index >= 15 is 0 Å². The minimum Gasteiger partial charge on any atom is -0.350 e. The van der Waals surface area contributed by atoms with E-state index in [2.05, 4.69) is 21.9 Å². The second-order valence-corrected chi connectivity index (χ2v) is 10.2. The number of halogens is 1. The van der Waals surface area contributed by atoms with Gasteiger partial charge in [0.2, 0.25) is 15.9 Å². The summed E-state index contributed by atoms with van der Waals surface area (Å²) >= 11 is 6.18. The van der Waals surface area contributed by atoms with Gasteiger partial charge in [-0.2, -0.15) is 0 Å². The molecule has 2 N–H and O–H groups in total. The Morgan fingerprint density at radius 1 is 1.26 bits per heavy atom. The summed E-state index contributed by atoms with van der Waals surface area (Å²) in [7, 11) is -3.79. The van der Waals surface area contributed by atoms with Gasteiger partial charge in [-0.15, -0.1) is 0 Å². The first-order valence-corrected chi connectivity index (χ1v) is 12.8. The van der Waals surface area contributed by atoms with Crippen LogP contribution < -0.4 is 10.0 Å². The van der Waals surface area contributed by atoms with E-state index in [9.17, 15) is 18.0 Å². The van der Waals surface area contributed by atoms with Crippen molar-refractivity contribution in [3.8, 4) is 0 Å². The molecule has 31 heavy (non-hydrogen) atoms. The molecule has 2 amide bonds. The van der Waals surface area contributed by atoms with Crippen LogP contribution in [0.2, 0.25) is 5.02 Å². The van der Waals surface area contributed by atoms with Gasteiger partial charge in [-0.3, -0.25) is 14.5 Å². The van der Waals surface area contributed by atoms with Crippen molar-refractivity contribution in [1.29, 1.82) is 0 Å². The predicted octanol–water partition coefficient (Wildman–Crippen LogP) is 1.84. The minimum atomic E-state index is -3.79. The van der Waals surface area contributed by atoms with Crippen LogP contribution in [0.4, 0.5) is 0 Å². The average molecular weight is 471 g/mol. The van der Waals surface area contributed by atoms with Gasteiger partial charge in [0.05, 0.1) is 15.5 Å². The van der Waals surface area contributed by atoms with Crippen molar-refractivity contribution < 1.29 is 18.0 Å². The normalized spacial score (nSPS) is 19.9. The Morgan fingerprint density at radius 2 is 2.06 bits per heavy atom. The molecule has 0 bridgehead atoms. The van der Waals surface area contributed by atoms with Crippen LogP contribution in [-0.2, 0) is 14.8 Å². The van der Waals surface area contributed by atoms with Crippen LogP contribution in [0.3, 0.4) is 0 Å². The molecule has 0 aliphatic carbocycles. The van der Waals surface area contributed by atoms with Gasteiger partial charge in [0.15, 0.2) is 0 Å². The second-order valence-electron chi connectivity index (χ2n) is 8.01. The zero-order valence-electron chi connectivity index (χ0n) is 17.9. The maximum atomic E-state index is 12.7. The second kappa shape index (κ2) is 10.8. The van der Waals surface area contributed by atoms with Gasteiger partial charge in [0, 0.05) is 38.6 Å². The first kappa shape index (κ1) is 24.0. The summed E-state index contributed by atoms with van der Waals surface area (Å²) < 4.78 is 27.9. The molecule has 8 nitrogen and oxygen atoms in total. The number of likely N-dealkylation sites (tertiary alicyclic amines) is 2. The Balaban J connectivity index is 1.56.